The molecule has 7 nitrogen and oxygen atoms in total. The van der Waals surface area contributed by atoms with Crippen LogP contribution in [-0.2, 0) is 4.79 Å². The minimum atomic E-state index is -0.205. The lowest BCUT2D eigenvalue weighted by Crippen LogP contribution is -2.07. The van der Waals surface area contributed by atoms with Gasteiger partial charge in [-0.25, -0.2) is 4.68 Å². The number of hydrogen-bond donors (Lipinski definition) is 1. The molecule has 2 aromatic carbocycles. The Morgan fingerprint density at radius 2 is 1.74 bits per heavy atom. The van der Waals surface area contributed by atoms with Crippen molar-refractivity contribution < 1.29 is 9.53 Å². The number of anilines is 1. The minimum absolute atomic E-state index is 0.205. The Morgan fingerprint density at radius 3 is 2.39 bits per heavy atom. The molecule has 1 amide bonds. The molecular formula is C24H21N5O2. The summed E-state index contributed by atoms with van der Waals surface area (Å²) in [4.78, 5) is 12.1. The fourth-order valence-electron chi connectivity index (χ4n) is 2.99. The zero-order chi connectivity index (χ0) is 21.6. The molecule has 2 heterocycles. The number of aryl methyl sites for hydroxylation is 2. The molecule has 1 N–H and O–H groups in total. The number of amides is 1. The first-order valence-electron chi connectivity index (χ1n) is 9.76. The van der Waals surface area contributed by atoms with Crippen LogP contribution in [0.3, 0.4) is 0 Å². The second-order valence-electron chi connectivity index (χ2n) is 6.93. The molecule has 0 bridgehead atoms. The summed E-state index contributed by atoms with van der Waals surface area (Å²) in [7, 11) is 0. The molecule has 0 spiro atoms. The van der Waals surface area contributed by atoms with Gasteiger partial charge < -0.3 is 10.1 Å². The Labute approximate surface area is 180 Å². The normalized spacial score (nSPS) is 10.9. The van der Waals surface area contributed by atoms with Gasteiger partial charge in [-0.3, -0.25) is 4.79 Å². The maximum absolute atomic E-state index is 12.1. The summed E-state index contributed by atoms with van der Waals surface area (Å²) in [6, 6.07) is 22.2. The van der Waals surface area contributed by atoms with E-state index in [1.54, 1.807) is 47.2 Å². The highest BCUT2D eigenvalue weighted by atomic mass is 16.5. The van der Waals surface area contributed by atoms with Crippen LogP contribution in [0.1, 0.15) is 17.0 Å². The van der Waals surface area contributed by atoms with Crippen LogP contribution in [0.4, 0.5) is 5.69 Å². The Morgan fingerprint density at radius 1 is 0.968 bits per heavy atom. The molecule has 7 heteroatoms. The van der Waals surface area contributed by atoms with Crippen molar-refractivity contribution in [3.63, 3.8) is 0 Å². The lowest BCUT2D eigenvalue weighted by molar-refractivity contribution is -0.111. The third-order valence-corrected chi connectivity index (χ3v) is 4.42. The average molecular weight is 411 g/mol. The van der Waals surface area contributed by atoms with E-state index in [1.807, 2.05) is 50.2 Å². The standard InChI is InChI=1S/C24H21N5O2/c1-17-16-18(2)29(28-17)22-13-15-24(27-26-22)31-21-11-9-20(10-12-21)25-23(30)14-8-19-6-4-3-5-7-19/h3-16H,1-2H3,(H,25,30)/b14-8+. The molecule has 2 aromatic heterocycles. The van der Waals surface area contributed by atoms with Gasteiger partial charge in [-0.15, -0.1) is 10.2 Å². The van der Waals surface area contributed by atoms with E-state index in [9.17, 15) is 4.79 Å². The summed E-state index contributed by atoms with van der Waals surface area (Å²) < 4.78 is 7.47. The predicted molar refractivity (Wildman–Crippen MR) is 119 cm³/mol. The van der Waals surface area contributed by atoms with E-state index in [1.165, 1.54) is 6.08 Å². The van der Waals surface area contributed by atoms with Crippen molar-refractivity contribution in [1.82, 2.24) is 20.0 Å². The van der Waals surface area contributed by atoms with E-state index < -0.39 is 0 Å². The number of carbonyl (C=O) groups is 1. The quantitative estimate of drug-likeness (QED) is 0.464. The van der Waals surface area contributed by atoms with Crippen molar-refractivity contribution in [2.75, 3.05) is 5.32 Å². The van der Waals surface area contributed by atoms with E-state index in [2.05, 4.69) is 20.6 Å². The zero-order valence-electron chi connectivity index (χ0n) is 17.2. The first-order chi connectivity index (χ1) is 15.1. The van der Waals surface area contributed by atoms with Crippen LogP contribution < -0.4 is 10.1 Å². The molecule has 0 aliphatic rings. The third kappa shape index (κ3) is 5.22. The largest absolute Gasteiger partial charge is 0.438 e. The smallest absolute Gasteiger partial charge is 0.248 e. The third-order valence-electron chi connectivity index (χ3n) is 4.42. The second kappa shape index (κ2) is 9.04. The Hall–Kier alpha value is -4.26. The molecule has 0 atom stereocenters. The highest BCUT2D eigenvalue weighted by Gasteiger charge is 2.07. The fraction of sp³-hybridized carbons (Fsp3) is 0.0833. The molecule has 0 saturated heterocycles. The SMILES string of the molecule is Cc1cc(C)n(-c2ccc(Oc3ccc(NC(=O)/C=C/c4ccccc4)cc3)nn2)n1. The van der Waals surface area contributed by atoms with Crippen LogP contribution in [0.2, 0.25) is 0 Å². The van der Waals surface area contributed by atoms with Crippen molar-refractivity contribution in [3.8, 4) is 17.4 Å². The molecular weight excluding hydrogens is 390 g/mol. The molecule has 4 aromatic rings. The summed E-state index contributed by atoms with van der Waals surface area (Å²) >= 11 is 0. The maximum Gasteiger partial charge on any atom is 0.248 e. The van der Waals surface area contributed by atoms with Gasteiger partial charge in [0.15, 0.2) is 5.82 Å². The monoisotopic (exact) mass is 411 g/mol. The van der Waals surface area contributed by atoms with Crippen LogP contribution in [0, 0.1) is 13.8 Å². The molecule has 4 rings (SSSR count). The number of nitrogens with one attached hydrogen (secondary N) is 1. The van der Waals surface area contributed by atoms with Gasteiger partial charge in [-0.05, 0) is 61.9 Å². The average Bonchev–Trinajstić information content (AvgIpc) is 3.13. The van der Waals surface area contributed by atoms with Crippen LogP contribution in [-0.4, -0.2) is 25.9 Å². The number of nitrogens with zero attached hydrogens (tertiary/aromatic N) is 4. The molecule has 0 fully saturated rings. The number of benzene rings is 2. The van der Waals surface area contributed by atoms with Gasteiger partial charge in [-0.1, -0.05) is 30.3 Å². The molecule has 31 heavy (non-hydrogen) atoms. The van der Waals surface area contributed by atoms with E-state index in [4.69, 9.17) is 4.74 Å². The fourth-order valence-corrected chi connectivity index (χ4v) is 2.99. The van der Waals surface area contributed by atoms with Gasteiger partial charge in [0.1, 0.15) is 5.75 Å². The summed E-state index contributed by atoms with van der Waals surface area (Å²) in [5.41, 5.74) is 3.53. The molecule has 0 unspecified atom stereocenters. The van der Waals surface area contributed by atoms with Crippen molar-refractivity contribution >= 4 is 17.7 Å². The van der Waals surface area contributed by atoms with Gasteiger partial charge >= 0.3 is 0 Å². The lowest BCUT2D eigenvalue weighted by Gasteiger charge is -2.07. The topological polar surface area (TPSA) is 81.9 Å². The van der Waals surface area contributed by atoms with E-state index >= 15 is 0 Å². The van der Waals surface area contributed by atoms with E-state index in [0.717, 1.165) is 17.0 Å². The van der Waals surface area contributed by atoms with Crippen LogP contribution in [0.5, 0.6) is 11.6 Å². The van der Waals surface area contributed by atoms with Crippen molar-refractivity contribution in [2.45, 2.75) is 13.8 Å². The molecule has 0 radical (unpaired) electrons. The first-order valence-corrected chi connectivity index (χ1v) is 9.76. The summed E-state index contributed by atoms with van der Waals surface area (Å²) in [5.74, 6) is 1.38. The number of hydrogen-bond acceptors (Lipinski definition) is 5. The van der Waals surface area contributed by atoms with E-state index in [0.29, 0.717) is 23.1 Å². The maximum atomic E-state index is 12.1. The number of carbonyl (C=O) groups excluding carboxylic acids is 1. The number of rotatable bonds is 6. The van der Waals surface area contributed by atoms with Gasteiger partial charge in [0, 0.05) is 23.5 Å². The van der Waals surface area contributed by atoms with E-state index in [-0.39, 0.29) is 5.91 Å². The van der Waals surface area contributed by atoms with Crippen LogP contribution in [0.15, 0.2) is 78.9 Å². The molecule has 0 aliphatic heterocycles. The molecule has 0 saturated carbocycles. The summed E-state index contributed by atoms with van der Waals surface area (Å²) in [5, 5.41) is 15.5. The summed E-state index contributed by atoms with van der Waals surface area (Å²) in [6.45, 7) is 3.89. The van der Waals surface area contributed by atoms with Crippen LogP contribution >= 0.6 is 0 Å². The Kier molecular flexibility index (Phi) is 5.84. The summed E-state index contributed by atoms with van der Waals surface area (Å²) in [6.07, 6.45) is 3.26. The van der Waals surface area contributed by atoms with Crippen molar-refractivity contribution in [3.05, 3.63) is 95.8 Å². The molecule has 0 aliphatic carbocycles. The molecule has 154 valence electrons. The number of ether oxygens (including phenoxy) is 1. The lowest BCUT2D eigenvalue weighted by atomic mass is 10.2. The zero-order valence-corrected chi connectivity index (χ0v) is 17.2. The van der Waals surface area contributed by atoms with Gasteiger partial charge in [0.25, 0.3) is 0 Å². The van der Waals surface area contributed by atoms with Gasteiger partial charge in [0.05, 0.1) is 5.69 Å². The highest BCUT2D eigenvalue weighted by molar-refractivity contribution is 6.01. The Bertz CT molecular complexity index is 1200. The highest BCUT2D eigenvalue weighted by Crippen LogP contribution is 2.22. The predicted octanol–water partition coefficient (Wildman–Crippen LogP) is 4.72. The van der Waals surface area contributed by atoms with Gasteiger partial charge in [0.2, 0.25) is 11.8 Å². The number of aromatic nitrogens is 4. The Balaban J connectivity index is 1.35. The van der Waals surface area contributed by atoms with Crippen LogP contribution in [0.25, 0.3) is 11.9 Å². The minimum Gasteiger partial charge on any atom is -0.438 e. The van der Waals surface area contributed by atoms with Crippen molar-refractivity contribution in [1.29, 1.82) is 0 Å². The van der Waals surface area contributed by atoms with Crippen molar-refractivity contribution in [2.24, 2.45) is 0 Å². The second-order valence-corrected chi connectivity index (χ2v) is 6.93. The first kappa shape index (κ1) is 20.0. The van der Waals surface area contributed by atoms with Gasteiger partial charge in [-0.2, -0.15) is 5.10 Å².